The fourth-order valence-electron chi connectivity index (χ4n) is 2.48. The van der Waals surface area contributed by atoms with Crippen LogP contribution in [0.15, 0.2) is 57.7 Å². The van der Waals surface area contributed by atoms with E-state index >= 15 is 0 Å². The molecule has 3 rings (SSSR count). The molecule has 0 fully saturated rings. The normalized spacial score (nSPS) is 10.5. The first-order valence-corrected chi connectivity index (χ1v) is 7.91. The van der Waals surface area contributed by atoms with Crippen molar-refractivity contribution in [2.45, 2.75) is 13.8 Å². The number of ether oxygens (including phenoxy) is 2. The quantitative estimate of drug-likeness (QED) is 0.303. The monoisotopic (exact) mass is 352 g/mol. The molecule has 1 heterocycles. The number of hydrogen-bond donors (Lipinski definition) is 0. The highest BCUT2D eigenvalue weighted by Crippen LogP contribution is 2.22. The highest BCUT2D eigenvalue weighted by Gasteiger charge is 2.09. The van der Waals surface area contributed by atoms with Gasteiger partial charge < -0.3 is 13.9 Å². The van der Waals surface area contributed by atoms with Gasteiger partial charge >= 0.3 is 11.6 Å². The molecule has 0 radical (unpaired) electrons. The summed E-state index contributed by atoms with van der Waals surface area (Å²) in [6.45, 7) is 2.92. The fraction of sp³-hybridized carbons (Fsp3) is 0.150. The second kappa shape index (κ2) is 7.23. The molecule has 0 unspecified atom stereocenters. The molecule has 2 aromatic carbocycles. The smallest absolute Gasteiger partial charge is 0.349 e. The number of ketones is 1. The molecule has 3 aromatic rings. The molecule has 26 heavy (non-hydrogen) atoms. The summed E-state index contributed by atoms with van der Waals surface area (Å²) in [6.07, 6.45) is 0. The van der Waals surface area contributed by atoms with Crippen LogP contribution in [0.4, 0.5) is 0 Å². The van der Waals surface area contributed by atoms with Gasteiger partial charge in [0.05, 0.1) is 0 Å². The SMILES string of the molecule is CC(=O)c1cccc(OC(=O)COc2ccc3c(C)cc(=O)oc3c2)c1. The highest BCUT2D eigenvalue weighted by atomic mass is 16.6. The highest BCUT2D eigenvalue weighted by molar-refractivity contribution is 5.94. The third kappa shape index (κ3) is 3.97. The number of carbonyl (C=O) groups excluding carboxylic acids is 2. The molecular formula is C20H16O6. The number of benzene rings is 2. The average Bonchev–Trinajstić information content (AvgIpc) is 2.59. The molecule has 132 valence electrons. The van der Waals surface area contributed by atoms with E-state index in [1.165, 1.54) is 19.1 Å². The second-order valence-electron chi connectivity index (χ2n) is 5.75. The van der Waals surface area contributed by atoms with Crippen LogP contribution < -0.4 is 15.1 Å². The molecule has 0 saturated carbocycles. The van der Waals surface area contributed by atoms with Gasteiger partial charge in [0.25, 0.3) is 0 Å². The maximum atomic E-state index is 11.9. The number of Topliss-reactive ketones (excluding diaryl/α,β-unsaturated/α-hetero) is 1. The summed E-state index contributed by atoms with van der Waals surface area (Å²) in [5.41, 5.74) is 1.19. The molecule has 1 aromatic heterocycles. The summed E-state index contributed by atoms with van der Waals surface area (Å²) in [5, 5.41) is 0.792. The Hall–Kier alpha value is -3.41. The third-order valence-corrected chi connectivity index (χ3v) is 3.75. The molecule has 0 bridgehead atoms. The van der Waals surface area contributed by atoms with E-state index in [0.29, 0.717) is 16.9 Å². The standard InChI is InChI=1S/C20H16O6/c1-12-8-19(22)26-18-10-15(6-7-17(12)18)24-11-20(23)25-16-5-3-4-14(9-16)13(2)21/h3-10H,11H2,1-2H3. The lowest BCUT2D eigenvalue weighted by Crippen LogP contribution is -2.17. The summed E-state index contributed by atoms with van der Waals surface area (Å²) >= 11 is 0. The van der Waals surface area contributed by atoms with Gasteiger partial charge in [0.2, 0.25) is 0 Å². The van der Waals surface area contributed by atoms with Gasteiger partial charge in [-0.15, -0.1) is 0 Å². The van der Waals surface area contributed by atoms with Crippen molar-refractivity contribution in [3.63, 3.8) is 0 Å². The fourth-order valence-corrected chi connectivity index (χ4v) is 2.48. The summed E-state index contributed by atoms with van der Waals surface area (Å²) < 4.78 is 15.7. The van der Waals surface area contributed by atoms with Crippen molar-refractivity contribution in [3.8, 4) is 11.5 Å². The molecule has 6 nitrogen and oxygen atoms in total. The van der Waals surface area contributed by atoms with Crippen molar-refractivity contribution in [3.05, 3.63) is 70.1 Å². The Labute approximate surface area is 149 Å². The molecule has 0 N–H and O–H groups in total. The molecule has 0 aliphatic carbocycles. The zero-order chi connectivity index (χ0) is 18.7. The van der Waals surface area contributed by atoms with Crippen molar-refractivity contribution in [2.75, 3.05) is 6.61 Å². The van der Waals surface area contributed by atoms with Crippen molar-refractivity contribution >= 4 is 22.7 Å². The van der Waals surface area contributed by atoms with Crippen LogP contribution >= 0.6 is 0 Å². The predicted molar refractivity (Wildman–Crippen MR) is 94.8 cm³/mol. The van der Waals surface area contributed by atoms with E-state index in [1.54, 1.807) is 36.4 Å². The third-order valence-electron chi connectivity index (χ3n) is 3.75. The van der Waals surface area contributed by atoms with Crippen molar-refractivity contribution in [2.24, 2.45) is 0 Å². The van der Waals surface area contributed by atoms with Gasteiger partial charge in [0.1, 0.15) is 17.1 Å². The molecule has 0 spiro atoms. The topological polar surface area (TPSA) is 82.8 Å². The number of esters is 1. The lowest BCUT2D eigenvalue weighted by atomic mass is 10.1. The second-order valence-corrected chi connectivity index (χ2v) is 5.75. The number of rotatable bonds is 5. The van der Waals surface area contributed by atoms with Crippen LogP contribution in [-0.2, 0) is 4.79 Å². The van der Waals surface area contributed by atoms with Gasteiger partial charge in [0.15, 0.2) is 12.4 Å². The number of hydrogen-bond acceptors (Lipinski definition) is 6. The first-order valence-electron chi connectivity index (χ1n) is 7.91. The number of aryl methyl sites for hydroxylation is 1. The molecule has 0 atom stereocenters. The van der Waals surface area contributed by atoms with E-state index in [4.69, 9.17) is 13.9 Å². The van der Waals surface area contributed by atoms with Crippen LogP contribution in [0.2, 0.25) is 0 Å². The summed E-state index contributed by atoms with van der Waals surface area (Å²) in [5.74, 6) is -0.0873. The summed E-state index contributed by atoms with van der Waals surface area (Å²) in [7, 11) is 0. The summed E-state index contributed by atoms with van der Waals surface area (Å²) in [6, 6.07) is 12.7. The largest absolute Gasteiger partial charge is 0.482 e. The minimum Gasteiger partial charge on any atom is -0.482 e. The number of fused-ring (bicyclic) bond motifs is 1. The molecule has 6 heteroatoms. The lowest BCUT2D eigenvalue weighted by Gasteiger charge is -2.08. The molecule has 0 amide bonds. The minimum absolute atomic E-state index is 0.118. The Morgan fingerprint density at radius 1 is 1.04 bits per heavy atom. The molecule has 0 saturated heterocycles. The van der Waals surface area contributed by atoms with Gasteiger partial charge in [-0.1, -0.05) is 12.1 Å². The molecule has 0 aliphatic heterocycles. The Kier molecular flexibility index (Phi) is 4.84. The van der Waals surface area contributed by atoms with Gasteiger partial charge in [0, 0.05) is 23.1 Å². The van der Waals surface area contributed by atoms with Gasteiger partial charge in [-0.25, -0.2) is 9.59 Å². The first-order chi connectivity index (χ1) is 12.4. The van der Waals surface area contributed by atoms with Crippen LogP contribution in [-0.4, -0.2) is 18.4 Å². The van der Waals surface area contributed by atoms with Crippen LogP contribution in [0.3, 0.4) is 0 Å². The first kappa shape index (κ1) is 17.4. The van der Waals surface area contributed by atoms with E-state index in [1.807, 2.05) is 6.92 Å². The maximum Gasteiger partial charge on any atom is 0.349 e. The van der Waals surface area contributed by atoms with Crippen LogP contribution in [0, 0.1) is 6.92 Å². The van der Waals surface area contributed by atoms with Crippen molar-refractivity contribution < 1.29 is 23.5 Å². The minimum atomic E-state index is -0.614. The summed E-state index contributed by atoms with van der Waals surface area (Å²) in [4.78, 5) is 34.7. The van der Waals surface area contributed by atoms with E-state index in [0.717, 1.165) is 10.9 Å². The Morgan fingerprint density at radius 3 is 2.62 bits per heavy atom. The zero-order valence-corrected chi connectivity index (χ0v) is 14.3. The maximum absolute atomic E-state index is 11.9. The van der Waals surface area contributed by atoms with E-state index in [9.17, 15) is 14.4 Å². The zero-order valence-electron chi connectivity index (χ0n) is 14.3. The lowest BCUT2D eigenvalue weighted by molar-refractivity contribution is -0.136. The van der Waals surface area contributed by atoms with Crippen LogP contribution in [0.25, 0.3) is 11.0 Å². The van der Waals surface area contributed by atoms with Crippen molar-refractivity contribution in [1.82, 2.24) is 0 Å². The molecular weight excluding hydrogens is 336 g/mol. The average molecular weight is 352 g/mol. The van der Waals surface area contributed by atoms with Crippen LogP contribution in [0.1, 0.15) is 22.8 Å². The van der Waals surface area contributed by atoms with E-state index in [-0.39, 0.29) is 18.1 Å². The Bertz CT molecular complexity index is 1050. The van der Waals surface area contributed by atoms with Crippen LogP contribution in [0.5, 0.6) is 11.5 Å². The van der Waals surface area contributed by atoms with Gasteiger partial charge in [-0.05, 0) is 43.7 Å². The van der Waals surface area contributed by atoms with Gasteiger partial charge in [-0.3, -0.25) is 4.79 Å². The Balaban J connectivity index is 1.68. The van der Waals surface area contributed by atoms with E-state index < -0.39 is 11.6 Å². The van der Waals surface area contributed by atoms with E-state index in [2.05, 4.69) is 0 Å². The van der Waals surface area contributed by atoms with Crippen molar-refractivity contribution in [1.29, 1.82) is 0 Å². The Morgan fingerprint density at radius 2 is 1.85 bits per heavy atom. The molecule has 0 aliphatic rings. The number of carbonyl (C=O) groups is 2. The predicted octanol–water partition coefficient (Wildman–Crippen LogP) is 3.29. The van der Waals surface area contributed by atoms with Gasteiger partial charge in [-0.2, -0.15) is 0 Å².